The van der Waals surface area contributed by atoms with Crippen LogP contribution >= 0.6 is 11.6 Å². The first kappa shape index (κ1) is 18.8. The monoisotopic (exact) mass is 400 g/mol. The van der Waals surface area contributed by atoms with Gasteiger partial charge in [0.1, 0.15) is 28.2 Å². The SMILES string of the molecule is CN1CC[C@@H](c2c(O)cc(O)c3c(=O)cc(-c4ccccc4Cl)oc23)[C@@H]1CN. The minimum absolute atomic E-state index is 0.00656. The lowest BCUT2D eigenvalue weighted by atomic mass is 9.89. The number of rotatable bonds is 3. The molecule has 0 bridgehead atoms. The average molecular weight is 401 g/mol. The van der Waals surface area contributed by atoms with Crippen LogP contribution in [0.25, 0.3) is 22.3 Å². The molecule has 146 valence electrons. The smallest absolute Gasteiger partial charge is 0.197 e. The summed E-state index contributed by atoms with van der Waals surface area (Å²) in [5.41, 5.74) is 6.81. The van der Waals surface area contributed by atoms with Crippen molar-refractivity contribution in [3.8, 4) is 22.8 Å². The summed E-state index contributed by atoms with van der Waals surface area (Å²) in [6.07, 6.45) is 0.756. The van der Waals surface area contributed by atoms with E-state index in [1.807, 2.05) is 7.05 Å². The van der Waals surface area contributed by atoms with Gasteiger partial charge in [-0.05, 0) is 32.1 Å². The molecule has 1 aliphatic rings. The van der Waals surface area contributed by atoms with Crippen LogP contribution in [0.5, 0.6) is 11.5 Å². The first-order valence-electron chi connectivity index (χ1n) is 9.10. The van der Waals surface area contributed by atoms with E-state index < -0.39 is 5.43 Å². The molecule has 28 heavy (non-hydrogen) atoms. The molecule has 1 saturated heterocycles. The number of nitrogens with zero attached hydrogens (tertiary/aromatic N) is 1. The van der Waals surface area contributed by atoms with Crippen molar-refractivity contribution < 1.29 is 14.6 Å². The quantitative estimate of drug-likeness (QED) is 0.624. The fourth-order valence-electron chi connectivity index (χ4n) is 4.16. The molecule has 1 aliphatic heterocycles. The molecule has 1 fully saturated rings. The zero-order valence-corrected chi connectivity index (χ0v) is 16.1. The third-order valence-corrected chi connectivity index (χ3v) is 5.90. The number of hydrogen-bond acceptors (Lipinski definition) is 6. The molecule has 4 N–H and O–H groups in total. The normalized spacial score (nSPS) is 20.1. The van der Waals surface area contributed by atoms with Crippen LogP contribution in [-0.2, 0) is 0 Å². The lowest BCUT2D eigenvalue weighted by Gasteiger charge is -2.25. The highest BCUT2D eigenvalue weighted by Gasteiger charge is 2.36. The van der Waals surface area contributed by atoms with Crippen LogP contribution in [0, 0.1) is 0 Å². The number of likely N-dealkylation sites (N-methyl/N-ethyl adjacent to an activating group) is 1. The fourth-order valence-corrected chi connectivity index (χ4v) is 4.39. The molecular weight excluding hydrogens is 380 g/mol. The van der Waals surface area contributed by atoms with Gasteiger partial charge in [-0.3, -0.25) is 4.79 Å². The van der Waals surface area contributed by atoms with Crippen molar-refractivity contribution in [3.63, 3.8) is 0 Å². The summed E-state index contributed by atoms with van der Waals surface area (Å²) in [4.78, 5) is 14.9. The zero-order chi connectivity index (χ0) is 20.0. The fraction of sp³-hybridized carbons (Fsp3) is 0.286. The molecule has 4 rings (SSSR count). The van der Waals surface area contributed by atoms with Crippen molar-refractivity contribution in [2.24, 2.45) is 5.73 Å². The van der Waals surface area contributed by atoms with Gasteiger partial charge in [-0.2, -0.15) is 0 Å². The van der Waals surface area contributed by atoms with Crippen molar-refractivity contribution in [2.75, 3.05) is 20.1 Å². The molecule has 6 nitrogen and oxygen atoms in total. The van der Waals surface area contributed by atoms with Gasteiger partial charge in [-0.25, -0.2) is 0 Å². The second kappa shape index (κ2) is 7.13. The van der Waals surface area contributed by atoms with Gasteiger partial charge in [0.15, 0.2) is 5.43 Å². The van der Waals surface area contributed by atoms with E-state index in [9.17, 15) is 15.0 Å². The summed E-state index contributed by atoms with van der Waals surface area (Å²) >= 11 is 6.27. The molecule has 1 aromatic heterocycles. The maximum atomic E-state index is 12.8. The third kappa shape index (κ3) is 2.94. The van der Waals surface area contributed by atoms with Crippen molar-refractivity contribution in [1.82, 2.24) is 4.90 Å². The van der Waals surface area contributed by atoms with E-state index >= 15 is 0 Å². The minimum atomic E-state index is -0.398. The Kier molecular flexibility index (Phi) is 4.79. The summed E-state index contributed by atoms with van der Waals surface area (Å²) in [6.45, 7) is 1.21. The third-order valence-electron chi connectivity index (χ3n) is 5.57. The number of halogens is 1. The molecular formula is C21H21ClN2O4. The van der Waals surface area contributed by atoms with Gasteiger partial charge in [0.05, 0.1) is 5.02 Å². The maximum Gasteiger partial charge on any atom is 0.197 e. The molecule has 7 heteroatoms. The maximum absolute atomic E-state index is 12.8. The molecule has 0 spiro atoms. The second-order valence-electron chi connectivity index (χ2n) is 7.17. The molecule has 0 amide bonds. The Labute approximate surface area is 166 Å². The number of likely N-dealkylation sites (tertiary alicyclic amines) is 1. The topological polar surface area (TPSA) is 99.9 Å². The number of aromatic hydroxyl groups is 2. The molecule has 2 aromatic carbocycles. The number of phenols is 2. The summed E-state index contributed by atoms with van der Waals surface area (Å²) < 4.78 is 6.08. The lowest BCUT2D eigenvalue weighted by molar-refractivity contribution is 0.301. The molecule has 0 saturated carbocycles. The minimum Gasteiger partial charge on any atom is -0.507 e. The van der Waals surface area contributed by atoms with Crippen molar-refractivity contribution >= 4 is 22.6 Å². The summed E-state index contributed by atoms with van der Waals surface area (Å²) in [6, 6.07) is 9.55. The van der Waals surface area contributed by atoms with Gasteiger partial charge in [-0.15, -0.1) is 0 Å². The van der Waals surface area contributed by atoms with Crippen LogP contribution in [-0.4, -0.2) is 41.3 Å². The Hall–Kier alpha value is -2.54. The lowest BCUT2D eigenvalue weighted by Crippen LogP contribution is -2.35. The van der Waals surface area contributed by atoms with E-state index in [1.54, 1.807) is 24.3 Å². The first-order valence-corrected chi connectivity index (χ1v) is 9.48. The Balaban J connectivity index is 2.03. The highest BCUT2D eigenvalue weighted by molar-refractivity contribution is 6.33. The molecule has 2 atom stereocenters. The van der Waals surface area contributed by atoms with E-state index in [0.717, 1.165) is 13.0 Å². The molecule has 0 unspecified atom stereocenters. The van der Waals surface area contributed by atoms with Gasteiger partial charge < -0.3 is 25.3 Å². The molecule has 3 aromatic rings. The molecule has 0 aliphatic carbocycles. The van der Waals surface area contributed by atoms with Crippen molar-refractivity contribution in [3.05, 3.63) is 57.2 Å². The van der Waals surface area contributed by atoms with Crippen LogP contribution in [0.2, 0.25) is 5.02 Å². The van der Waals surface area contributed by atoms with E-state index in [0.29, 0.717) is 22.7 Å². The first-order chi connectivity index (χ1) is 13.4. The Morgan fingerprint density at radius 2 is 2.00 bits per heavy atom. The van der Waals surface area contributed by atoms with E-state index in [4.69, 9.17) is 21.8 Å². The second-order valence-corrected chi connectivity index (χ2v) is 7.57. The standard InChI is InChI=1S/C21H21ClN2O4/c1-24-7-6-12(14(24)10-23)19-15(25)8-16(26)20-17(27)9-18(28-21(19)20)11-4-2-3-5-13(11)22/h2-5,8-9,12,14,25-26H,6-7,10,23H2,1H3/t12-,14+/m1/s1. The summed E-state index contributed by atoms with van der Waals surface area (Å²) in [5.74, 6) is -0.262. The van der Waals surface area contributed by atoms with Gasteiger partial charge in [0.25, 0.3) is 0 Å². The number of hydrogen-bond donors (Lipinski definition) is 3. The Morgan fingerprint density at radius 1 is 1.25 bits per heavy atom. The number of phenolic OH excluding ortho intramolecular Hbond substituents is 2. The van der Waals surface area contributed by atoms with Crippen molar-refractivity contribution in [2.45, 2.75) is 18.4 Å². The predicted octanol–water partition coefficient (Wildman–Crippen LogP) is 3.27. The van der Waals surface area contributed by atoms with Gasteiger partial charge in [0.2, 0.25) is 0 Å². The molecule has 2 heterocycles. The van der Waals surface area contributed by atoms with Crippen LogP contribution in [0.1, 0.15) is 17.9 Å². The zero-order valence-electron chi connectivity index (χ0n) is 15.4. The largest absolute Gasteiger partial charge is 0.507 e. The van der Waals surface area contributed by atoms with Crippen LogP contribution < -0.4 is 11.2 Å². The summed E-state index contributed by atoms with van der Waals surface area (Å²) in [5, 5.41) is 21.4. The Bertz CT molecular complexity index is 1110. The highest BCUT2D eigenvalue weighted by atomic mass is 35.5. The Morgan fingerprint density at radius 3 is 2.71 bits per heavy atom. The van der Waals surface area contributed by atoms with E-state index in [2.05, 4.69) is 4.90 Å². The van der Waals surface area contributed by atoms with E-state index in [-0.39, 0.29) is 40.2 Å². The van der Waals surface area contributed by atoms with Crippen LogP contribution in [0.3, 0.4) is 0 Å². The van der Waals surface area contributed by atoms with E-state index in [1.165, 1.54) is 12.1 Å². The highest BCUT2D eigenvalue weighted by Crippen LogP contribution is 2.44. The van der Waals surface area contributed by atoms with Gasteiger partial charge in [0, 0.05) is 41.8 Å². The van der Waals surface area contributed by atoms with Crippen molar-refractivity contribution in [1.29, 1.82) is 0 Å². The van der Waals surface area contributed by atoms with Crippen LogP contribution in [0.4, 0.5) is 0 Å². The summed E-state index contributed by atoms with van der Waals surface area (Å²) in [7, 11) is 1.97. The number of fused-ring (bicyclic) bond motifs is 1. The van der Waals surface area contributed by atoms with Gasteiger partial charge in [-0.1, -0.05) is 23.7 Å². The predicted molar refractivity (Wildman–Crippen MR) is 109 cm³/mol. The number of nitrogens with two attached hydrogens (primary N) is 1. The van der Waals surface area contributed by atoms with Gasteiger partial charge >= 0.3 is 0 Å². The molecule has 0 radical (unpaired) electrons. The average Bonchev–Trinajstić information content (AvgIpc) is 3.01. The van der Waals surface area contributed by atoms with Crippen LogP contribution in [0.15, 0.2) is 45.6 Å². The number of benzene rings is 2.